The SMILES string of the molecule is CCCCCNC(=NC)NCc1ccc(C#N)cc1F.I. The number of hydrogen-bond donors (Lipinski definition) is 2. The van der Waals surface area contributed by atoms with Gasteiger partial charge >= 0.3 is 0 Å². The van der Waals surface area contributed by atoms with Crippen LogP contribution in [0.1, 0.15) is 37.3 Å². The van der Waals surface area contributed by atoms with Crippen LogP contribution in [-0.4, -0.2) is 19.6 Å². The third-order valence-corrected chi connectivity index (χ3v) is 2.92. The van der Waals surface area contributed by atoms with Crippen molar-refractivity contribution in [2.24, 2.45) is 4.99 Å². The van der Waals surface area contributed by atoms with E-state index >= 15 is 0 Å². The molecule has 21 heavy (non-hydrogen) atoms. The van der Waals surface area contributed by atoms with E-state index in [9.17, 15) is 4.39 Å². The van der Waals surface area contributed by atoms with Gasteiger partial charge in [0.2, 0.25) is 0 Å². The highest BCUT2D eigenvalue weighted by Crippen LogP contribution is 2.09. The molecule has 0 saturated carbocycles. The topological polar surface area (TPSA) is 60.2 Å². The van der Waals surface area contributed by atoms with Crippen molar-refractivity contribution < 1.29 is 4.39 Å². The Morgan fingerprint density at radius 2 is 2.10 bits per heavy atom. The van der Waals surface area contributed by atoms with Crippen LogP contribution in [0.25, 0.3) is 0 Å². The summed E-state index contributed by atoms with van der Waals surface area (Å²) in [6.07, 6.45) is 3.43. The molecule has 0 atom stereocenters. The molecule has 0 aliphatic rings. The van der Waals surface area contributed by atoms with Gasteiger partial charge in [-0.05, 0) is 18.6 Å². The van der Waals surface area contributed by atoms with Gasteiger partial charge in [0.1, 0.15) is 5.82 Å². The van der Waals surface area contributed by atoms with Crippen LogP contribution >= 0.6 is 24.0 Å². The third kappa shape index (κ3) is 7.27. The van der Waals surface area contributed by atoms with E-state index in [1.54, 1.807) is 19.2 Å². The van der Waals surface area contributed by atoms with E-state index in [1.807, 2.05) is 6.07 Å². The van der Waals surface area contributed by atoms with Gasteiger partial charge in [0.25, 0.3) is 0 Å². The number of guanidine groups is 1. The second kappa shape index (κ2) is 11.3. The summed E-state index contributed by atoms with van der Waals surface area (Å²) < 4.78 is 13.7. The summed E-state index contributed by atoms with van der Waals surface area (Å²) in [7, 11) is 1.68. The van der Waals surface area contributed by atoms with Crippen LogP contribution < -0.4 is 10.6 Å². The molecule has 4 nitrogen and oxygen atoms in total. The van der Waals surface area contributed by atoms with Gasteiger partial charge in [-0.15, -0.1) is 24.0 Å². The second-order valence-corrected chi connectivity index (χ2v) is 4.48. The molecule has 0 radical (unpaired) electrons. The standard InChI is InChI=1S/C15H21FN4.HI/c1-3-4-5-8-19-15(18-2)20-11-13-7-6-12(10-17)9-14(13)16;/h6-7,9H,3-5,8,11H2,1-2H3,(H2,18,19,20);1H. The number of unbranched alkanes of at least 4 members (excludes halogenated alkanes) is 2. The predicted molar refractivity (Wildman–Crippen MR) is 94.3 cm³/mol. The highest BCUT2D eigenvalue weighted by Gasteiger charge is 2.04. The average molecular weight is 404 g/mol. The summed E-state index contributed by atoms with van der Waals surface area (Å²) in [5, 5.41) is 14.9. The fraction of sp³-hybridized carbons (Fsp3) is 0.467. The van der Waals surface area contributed by atoms with Crippen LogP contribution in [0.3, 0.4) is 0 Å². The molecule has 0 aromatic heterocycles. The first kappa shape index (κ1) is 19.6. The van der Waals surface area contributed by atoms with E-state index in [2.05, 4.69) is 22.5 Å². The van der Waals surface area contributed by atoms with Crippen LogP contribution in [-0.2, 0) is 6.54 Å². The van der Waals surface area contributed by atoms with Crippen molar-refractivity contribution in [1.82, 2.24) is 10.6 Å². The Morgan fingerprint density at radius 3 is 2.67 bits per heavy atom. The number of nitrogens with one attached hydrogen (secondary N) is 2. The summed E-state index contributed by atoms with van der Waals surface area (Å²) in [5.74, 6) is 0.280. The maximum Gasteiger partial charge on any atom is 0.191 e. The Balaban J connectivity index is 0.00000400. The van der Waals surface area contributed by atoms with E-state index in [0.29, 0.717) is 23.6 Å². The Bertz CT molecular complexity index is 497. The summed E-state index contributed by atoms with van der Waals surface area (Å²) in [4.78, 5) is 4.08. The van der Waals surface area contributed by atoms with Crippen molar-refractivity contribution in [1.29, 1.82) is 5.26 Å². The molecule has 0 fully saturated rings. The highest BCUT2D eigenvalue weighted by molar-refractivity contribution is 14.0. The molecular formula is C15H22FIN4. The lowest BCUT2D eigenvalue weighted by molar-refractivity contribution is 0.603. The summed E-state index contributed by atoms with van der Waals surface area (Å²) in [6, 6.07) is 6.38. The molecule has 0 unspecified atom stereocenters. The minimum Gasteiger partial charge on any atom is -0.356 e. The predicted octanol–water partition coefficient (Wildman–Crippen LogP) is 3.17. The largest absolute Gasteiger partial charge is 0.356 e. The van der Waals surface area contributed by atoms with Crippen LogP contribution in [0, 0.1) is 17.1 Å². The number of benzene rings is 1. The van der Waals surface area contributed by atoms with Crippen molar-refractivity contribution in [2.75, 3.05) is 13.6 Å². The first-order valence-electron chi connectivity index (χ1n) is 6.84. The van der Waals surface area contributed by atoms with Gasteiger partial charge in [-0.3, -0.25) is 4.99 Å². The van der Waals surface area contributed by atoms with Crippen LogP contribution in [0.5, 0.6) is 0 Å². The summed E-state index contributed by atoms with van der Waals surface area (Å²) in [6.45, 7) is 3.34. The fourth-order valence-corrected chi connectivity index (χ4v) is 1.74. The lowest BCUT2D eigenvalue weighted by Gasteiger charge is -2.12. The molecule has 0 heterocycles. The maximum atomic E-state index is 13.7. The summed E-state index contributed by atoms with van der Waals surface area (Å²) >= 11 is 0. The van der Waals surface area contributed by atoms with Crippen molar-refractivity contribution in [3.63, 3.8) is 0 Å². The summed E-state index contributed by atoms with van der Waals surface area (Å²) in [5.41, 5.74) is 0.842. The van der Waals surface area contributed by atoms with Crippen LogP contribution in [0.15, 0.2) is 23.2 Å². The van der Waals surface area contributed by atoms with Gasteiger partial charge in [0.05, 0.1) is 11.6 Å². The molecule has 1 rings (SSSR count). The van der Waals surface area contributed by atoms with Gasteiger partial charge in [-0.1, -0.05) is 25.8 Å². The first-order valence-corrected chi connectivity index (χ1v) is 6.84. The lowest BCUT2D eigenvalue weighted by Crippen LogP contribution is -2.37. The Labute approximate surface area is 142 Å². The lowest BCUT2D eigenvalue weighted by atomic mass is 10.1. The Morgan fingerprint density at radius 1 is 1.33 bits per heavy atom. The minimum absolute atomic E-state index is 0. The zero-order valence-corrected chi connectivity index (χ0v) is 14.8. The zero-order chi connectivity index (χ0) is 14.8. The van der Waals surface area contributed by atoms with Crippen molar-refractivity contribution >= 4 is 29.9 Å². The van der Waals surface area contributed by atoms with Crippen molar-refractivity contribution in [3.8, 4) is 6.07 Å². The maximum absolute atomic E-state index is 13.7. The van der Waals surface area contributed by atoms with Crippen molar-refractivity contribution in [3.05, 3.63) is 35.1 Å². The first-order chi connectivity index (χ1) is 9.71. The van der Waals surface area contributed by atoms with Crippen molar-refractivity contribution in [2.45, 2.75) is 32.7 Å². The van der Waals surface area contributed by atoms with Gasteiger partial charge in [0, 0.05) is 25.7 Å². The second-order valence-electron chi connectivity index (χ2n) is 4.48. The van der Waals surface area contributed by atoms with Gasteiger partial charge in [-0.25, -0.2) is 4.39 Å². The molecule has 0 aliphatic heterocycles. The van der Waals surface area contributed by atoms with Crippen LogP contribution in [0.2, 0.25) is 0 Å². The number of rotatable bonds is 6. The minimum atomic E-state index is -0.377. The molecule has 0 saturated heterocycles. The molecule has 116 valence electrons. The molecule has 0 spiro atoms. The number of nitriles is 1. The van der Waals surface area contributed by atoms with E-state index in [-0.39, 0.29) is 29.8 Å². The molecule has 2 N–H and O–H groups in total. The fourth-order valence-electron chi connectivity index (χ4n) is 1.74. The molecule has 0 aliphatic carbocycles. The van der Waals surface area contributed by atoms with Gasteiger partial charge in [0.15, 0.2) is 5.96 Å². The average Bonchev–Trinajstić information content (AvgIpc) is 2.47. The molecule has 1 aromatic rings. The molecule has 0 amide bonds. The molecule has 1 aromatic carbocycles. The molecular weight excluding hydrogens is 382 g/mol. The molecule has 0 bridgehead atoms. The van der Waals surface area contributed by atoms with Gasteiger partial charge < -0.3 is 10.6 Å². The van der Waals surface area contributed by atoms with Gasteiger partial charge in [-0.2, -0.15) is 5.26 Å². The number of aliphatic imine (C=N–C) groups is 1. The van der Waals surface area contributed by atoms with E-state index in [1.165, 1.54) is 18.9 Å². The monoisotopic (exact) mass is 404 g/mol. The number of hydrogen-bond acceptors (Lipinski definition) is 2. The number of nitrogens with zero attached hydrogens (tertiary/aromatic N) is 2. The Kier molecular flexibility index (Phi) is 10.6. The normalized spacial score (nSPS) is 10.5. The third-order valence-electron chi connectivity index (χ3n) is 2.92. The van der Waals surface area contributed by atoms with E-state index in [0.717, 1.165) is 13.0 Å². The zero-order valence-electron chi connectivity index (χ0n) is 12.4. The quantitative estimate of drug-likeness (QED) is 0.332. The Hall–Kier alpha value is -1.36. The highest BCUT2D eigenvalue weighted by atomic mass is 127. The van der Waals surface area contributed by atoms with Crippen LogP contribution in [0.4, 0.5) is 4.39 Å². The van der Waals surface area contributed by atoms with E-state index in [4.69, 9.17) is 5.26 Å². The van der Waals surface area contributed by atoms with E-state index < -0.39 is 0 Å². The smallest absolute Gasteiger partial charge is 0.191 e. The number of halogens is 2. The molecule has 6 heteroatoms.